The van der Waals surface area contributed by atoms with Crippen LogP contribution in [0.1, 0.15) is 36.3 Å². The zero-order chi connectivity index (χ0) is 28.0. The van der Waals surface area contributed by atoms with Crippen molar-refractivity contribution >= 4 is 33.2 Å². The number of benzene rings is 2. The highest BCUT2D eigenvalue weighted by atomic mass is 35.5. The first-order valence-corrected chi connectivity index (χ1v) is 13.5. The van der Waals surface area contributed by atoms with Gasteiger partial charge in [-0.05, 0) is 44.5 Å². The molecule has 2 N–H and O–H groups in total. The lowest BCUT2D eigenvalue weighted by molar-refractivity contribution is -0.385. The van der Waals surface area contributed by atoms with Gasteiger partial charge in [0, 0.05) is 42.4 Å². The number of carbonyl (C=O) groups is 1. The highest BCUT2D eigenvalue weighted by Crippen LogP contribution is 2.36. The summed E-state index contributed by atoms with van der Waals surface area (Å²) in [4.78, 5) is 23.1. The number of non-ortho nitro benzene ring substituents is 1. The minimum Gasteiger partial charge on any atom is -0.437 e. The van der Waals surface area contributed by atoms with Crippen molar-refractivity contribution in [3.8, 4) is 17.3 Å². The van der Waals surface area contributed by atoms with Crippen LogP contribution < -0.4 is 14.8 Å². The molecular weight excluding hydrogens is 538 g/mol. The summed E-state index contributed by atoms with van der Waals surface area (Å²) in [5.74, 6) is -0.665. The molecule has 3 rings (SSSR count). The Morgan fingerprint density at radius 1 is 1.26 bits per heavy atom. The van der Waals surface area contributed by atoms with Crippen LogP contribution in [0, 0.1) is 17.0 Å². The van der Waals surface area contributed by atoms with Gasteiger partial charge in [-0.15, -0.1) is 0 Å². The maximum absolute atomic E-state index is 13.2. The van der Waals surface area contributed by atoms with Crippen LogP contribution in [0.2, 0.25) is 5.02 Å². The monoisotopic (exact) mass is 565 g/mol. The van der Waals surface area contributed by atoms with Gasteiger partial charge >= 0.3 is 0 Å². The Labute approximate surface area is 225 Å². The summed E-state index contributed by atoms with van der Waals surface area (Å²) in [6.07, 6.45) is 0.493. The van der Waals surface area contributed by atoms with Crippen molar-refractivity contribution in [2.45, 2.75) is 38.1 Å². The number of hydrogen-bond donors (Lipinski definition) is 2. The van der Waals surface area contributed by atoms with Crippen molar-refractivity contribution in [3.05, 3.63) is 68.9 Å². The summed E-state index contributed by atoms with van der Waals surface area (Å²) in [5.41, 5.74) is 0.340. The second kappa shape index (κ2) is 12.3. The summed E-state index contributed by atoms with van der Waals surface area (Å²) in [7, 11) is -2.72. The number of ether oxygens (including phenoxy) is 2. The lowest BCUT2D eigenvalue weighted by Gasteiger charge is -2.16. The highest BCUT2D eigenvalue weighted by molar-refractivity contribution is 7.89. The van der Waals surface area contributed by atoms with Gasteiger partial charge in [0.15, 0.2) is 5.69 Å². The van der Waals surface area contributed by atoms with Crippen molar-refractivity contribution in [3.63, 3.8) is 0 Å². The van der Waals surface area contributed by atoms with Gasteiger partial charge in [-0.2, -0.15) is 9.78 Å². The molecule has 204 valence electrons. The van der Waals surface area contributed by atoms with Gasteiger partial charge < -0.3 is 14.8 Å². The van der Waals surface area contributed by atoms with Gasteiger partial charge in [-0.1, -0.05) is 24.6 Å². The van der Waals surface area contributed by atoms with Gasteiger partial charge in [0.05, 0.1) is 17.2 Å². The zero-order valence-electron chi connectivity index (χ0n) is 21.2. The fraction of sp³-hybridized carbons (Fsp3) is 0.333. The van der Waals surface area contributed by atoms with E-state index >= 15 is 0 Å². The molecule has 1 aromatic heterocycles. The molecule has 0 bridgehead atoms. The van der Waals surface area contributed by atoms with Crippen LogP contribution in [-0.2, 0) is 14.8 Å². The smallest absolute Gasteiger partial charge is 0.272 e. The summed E-state index contributed by atoms with van der Waals surface area (Å²) in [6, 6.07) is 9.40. The second-order valence-electron chi connectivity index (χ2n) is 8.34. The van der Waals surface area contributed by atoms with E-state index in [0.717, 1.165) is 12.1 Å². The fourth-order valence-corrected chi connectivity index (χ4v) is 5.03. The Morgan fingerprint density at radius 3 is 2.63 bits per heavy atom. The molecule has 3 aromatic rings. The molecule has 14 heteroatoms. The normalized spacial score (nSPS) is 12.2. The van der Waals surface area contributed by atoms with Crippen LogP contribution in [0.25, 0.3) is 5.69 Å². The molecule has 0 aliphatic rings. The van der Waals surface area contributed by atoms with E-state index in [1.165, 1.54) is 17.9 Å². The van der Waals surface area contributed by atoms with Crippen molar-refractivity contribution in [1.82, 2.24) is 19.8 Å². The van der Waals surface area contributed by atoms with E-state index < -0.39 is 37.5 Å². The highest BCUT2D eigenvalue weighted by Gasteiger charge is 2.28. The molecule has 0 radical (unpaired) electrons. The molecule has 0 saturated carbocycles. The number of rotatable bonds is 12. The quantitative estimate of drug-likeness (QED) is 0.190. The first kappa shape index (κ1) is 29.0. The van der Waals surface area contributed by atoms with Gasteiger partial charge in [-0.25, -0.2) is 13.1 Å². The van der Waals surface area contributed by atoms with Crippen LogP contribution in [-0.4, -0.2) is 55.3 Å². The lowest BCUT2D eigenvalue weighted by atomic mass is 10.2. The van der Waals surface area contributed by atoms with E-state index in [-0.39, 0.29) is 30.5 Å². The molecule has 0 unspecified atom stereocenters. The third kappa shape index (κ3) is 6.67. The third-order valence-corrected chi connectivity index (χ3v) is 7.38. The molecule has 12 nitrogen and oxygen atoms in total. The van der Waals surface area contributed by atoms with Crippen molar-refractivity contribution in [1.29, 1.82) is 0 Å². The van der Waals surface area contributed by atoms with E-state index in [4.69, 9.17) is 21.1 Å². The molecule has 1 heterocycles. The number of nitro groups is 1. The minimum absolute atomic E-state index is 0.0259. The molecule has 2 aromatic carbocycles. The van der Waals surface area contributed by atoms with Crippen molar-refractivity contribution in [2.75, 3.05) is 20.3 Å². The van der Waals surface area contributed by atoms with Crippen LogP contribution in [0.15, 0.2) is 47.4 Å². The van der Waals surface area contributed by atoms with Crippen LogP contribution in [0.3, 0.4) is 0 Å². The Bertz CT molecular complexity index is 1440. The number of nitrogens with one attached hydrogen (secondary N) is 2. The molecule has 0 aliphatic heterocycles. The maximum Gasteiger partial charge on any atom is 0.272 e. The van der Waals surface area contributed by atoms with Crippen molar-refractivity contribution < 1.29 is 27.6 Å². The molecule has 0 spiro atoms. The molecule has 1 amide bonds. The first-order chi connectivity index (χ1) is 18.0. The Balaban J connectivity index is 2.17. The fourth-order valence-electron chi connectivity index (χ4n) is 3.37. The van der Waals surface area contributed by atoms with Gasteiger partial charge in [0.2, 0.25) is 15.9 Å². The predicted octanol–water partition coefficient (Wildman–Crippen LogP) is 3.99. The number of nitro benzene ring substituents is 1. The number of nitrogens with zero attached hydrogens (tertiary/aromatic N) is 3. The summed E-state index contributed by atoms with van der Waals surface area (Å²) < 4.78 is 41.2. The number of amides is 1. The van der Waals surface area contributed by atoms with Gasteiger partial charge in [0.25, 0.3) is 11.6 Å². The van der Waals surface area contributed by atoms with E-state index in [0.29, 0.717) is 22.7 Å². The number of halogens is 1. The summed E-state index contributed by atoms with van der Waals surface area (Å²) in [6.45, 7) is 5.58. The van der Waals surface area contributed by atoms with Crippen LogP contribution >= 0.6 is 11.6 Å². The van der Waals surface area contributed by atoms with E-state index in [9.17, 15) is 23.3 Å². The standard InChI is InChI=1S/C24H28ClN5O7S/c1-5-15(2)28-38(34,35)21-14-19(30(32)33)9-10-20(21)37-24-16(3)22(23(31)26-11-12-36-4)27-29(24)18-8-6-7-17(25)13-18/h6-10,13-15,28H,5,11-12H2,1-4H3,(H,26,31)/t15-/m0/s1. The van der Waals surface area contributed by atoms with E-state index in [2.05, 4.69) is 15.1 Å². The van der Waals surface area contributed by atoms with Gasteiger partial charge in [-0.3, -0.25) is 14.9 Å². The van der Waals surface area contributed by atoms with Crippen LogP contribution in [0.5, 0.6) is 11.6 Å². The maximum atomic E-state index is 13.2. The van der Waals surface area contributed by atoms with Crippen molar-refractivity contribution in [2.24, 2.45) is 0 Å². The molecule has 0 saturated heterocycles. The molecule has 38 heavy (non-hydrogen) atoms. The van der Waals surface area contributed by atoms with Gasteiger partial charge in [0.1, 0.15) is 10.6 Å². The second-order valence-corrected chi connectivity index (χ2v) is 10.5. The molecular formula is C24H28ClN5O7S. The number of carbonyl (C=O) groups excluding carboxylic acids is 1. The number of aromatic nitrogens is 2. The van der Waals surface area contributed by atoms with Crippen LogP contribution in [0.4, 0.5) is 5.69 Å². The van der Waals surface area contributed by atoms with E-state index in [1.807, 2.05) is 0 Å². The molecule has 0 aliphatic carbocycles. The Kier molecular flexibility index (Phi) is 9.44. The Hall–Kier alpha value is -3.52. The minimum atomic E-state index is -4.22. The average Bonchev–Trinajstić information content (AvgIpc) is 3.19. The summed E-state index contributed by atoms with van der Waals surface area (Å²) in [5, 5.41) is 18.9. The largest absolute Gasteiger partial charge is 0.437 e. The Morgan fingerprint density at radius 2 is 2.00 bits per heavy atom. The predicted molar refractivity (Wildman–Crippen MR) is 141 cm³/mol. The third-order valence-electron chi connectivity index (χ3n) is 5.53. The molecule has 0 fully saturated rings. The number of methoxy groups -OCH3 is 1. The lowest BCUT2D eigenvalue weighted by Crippen LogP contribution is -2.32. The average molecular weight is 566 g/mol. The summed E-state index contributed by atoms with van der Waals surface area (Å²) >= 11 is 6.17. The first-order valence-electron chi connectivity index (χ1n) is 11.6. The molecule has 1 atom stereocenters. The number of sulfonamides is 1. The topological polar surface area (TPSA) is 155 Å². The SMILES string of the molecule is CC[C@H](C)NS(=O)(=O)c1cc([N+](=O)[O-])ccc1Oc1c(C)c(C(=O)NCCOC)nn1-c1cccc(Cl)c1. The number of hydrogen-bond acceptors (Lipinski definition) is 8. The zero-order valence-corrected chi connectivity index (χ0v) is 22.8. The van der Waals surface area contributed by atoms with E-state index in [1.54, 1.807) is 45.0 Å².